The lowest BCUT2D eigenvalue weighted by molar-refractivity contribution is -0.137. The number of nitrogens with one attached hydrogen (secondary N) is 4. The standard InChI is InChI=1S/C54H60Cl2FN7O5/c1-52(2,3)24-44-54(28-58-41-20-31(55)12-14-38(41)54)46(36-10-6-11-39(56)47(36)57)48(60-44)50(67)59-40-15-13-32(21-43(40)69-4)62-19-7-18-53(29-62)22-33(23-53)63-25-30(26-63)34-8-5-9-35-37(34)27-64(51(35)68)42-16-17-45(65)61-49(42)66/h5-6,8-15,20-21,30,33,42,44,46,48,58,60H,7,16-19,22-29H2,1-4H3,(H,59,67)(H,61,65,66)/t33?,42?,44-,46-,48+,53?,54-/m0/s1. The number of rotatable bonds is 9. The van der Waals surface area contributed by atoms with Gasteiger partial charge in [-0.05, 0) is 108 Å². The zero-order valence-corrected chi connectivity index (χ0v) is 41.1. The molecule has 0 aromatic heterocycles. The van der Waals surface area contributed by atoms with Gasteiger partial charge in [-0.15, -0.1) is 0 Å². The van der Waals surface area contributed by atoms with Crippen LogP contribution in [0.15, 0.2) is 72.8 Å². The molecule has 69 heavy (non-hydrogen) atoms. The molecule has 5 fully saturated rings. The fraction of sp³-hybridized carbons (Fsp3) is 0.481. The van der Waals surface area contributed by atoms with Crippen molar-refractivity contribution in [1.29, 1.82) is 0 Å². The third-order valence-corrected chi connectivity index (χ3v) is 17.2. The fourth-order valence-corrected chi connectivity index (χ4v) is 13.8. The first-order valence-electron chi connectivity index (χ1n) is 24.5. The second-order valence-corrected chi connectivity index (χ2v) is 22.9. The molecule has 1 aliphatic carbocycles. The van der Waals surface area contributed by atoms with Crippen LogP contribution < -0.4 is 30.9 Å². The van der Waals surface area contributed by atoms with Crippen LogP contribution in [0.5, 0.6) is 5.75 Å². The lowest BCUT2D eigenvalue weighted by Gasteiger charge is -2.59. The minimum Gasteiger partial charge on any atom is -0.494 e. The van der Waals surface area contributed by atoms with E-state index in [0.717, 1.165) is 74.4 Å². The normalized spacial score (nSPS) is 28.9. The van der Waals surface area contributed by atoms with Crippen molar-refractivity contribution in [2.75, 3.05) is 55.4 Å². The number of piperidine rings is 2. The maximum atomic E-state index is 16.4. The maximum Gasteiger partial charge on any atom is 0.255 e. The maximum absolute atomic E-state index is 16.4. The predicted molar refractivity (Wildman–Crippen MR) is 266 cm³/mol. The van der Waals surface area contributed by atoms with Gasteiger partial charge in [0.2, 0.25) is 17.7 Å². The molecule has 362 valence electrons. The number of hydrogen-bond acceptors (Lipinski definition) is 9. The van der Waals surface area contributed by atoms with Crippen molar-refractivity contribution in [3.05, 3.63) is 116 Å². The van der Waals surface area contributed by atoms with Crippen LogP contribution in [0.4, 0.5) is 21.5 Å². The second-order valence-electron chi connectivity index (χ2n) is 22.1. The highest BCUT2D eigenvalue weighted by Gasteiger charge is 2.62. The van der Waals surface area contributed by atoms with Gasteiger partial charge in [-0.1, -0.05) is 74.3 Å². The molecule has 6 heterocycles. The van der Waals surface area contributed by atoms with Crippen molar-refractivity contribution in [2.45, 2.75) is 114 Å². The van der Waals surface area contributed by atoms with Crippen LogP contribution in [-0.2, 0) is 26.3 Å². The van der Waals surface area contributed by atoms with Gasteiger partial charge in [-0.3, -0.25) is 29.4 Å². The molecule has 11 rings (SSSR count). The number of hydrogen-bond donors (Lipinski definition) is 4. The Labute approximate surface area is 413 Å². The third-order valence-electron chi connectivity index (χ3n) is 16.7. The Balaban J connectivity index is 0.770. The summed E-state index contributed by atoms with van der Waals surface area (Å²) in [4.78, 5) is 59.5. The first kappa shape index (κ1) is 46.2. The van der Waals surface area contributed by atoms with Crippen LogP contribution in [0.1, 0.15) is 110 Å². The van der Waals surface area contributed by atoms with Crippen molar-refractivity contribution in [3.8, 4) is 5.75 Å². The number of ether oxygens (including phenoxy) is 1. The Morgan fingerprint density at radius 3 is 2.54 bits per heavy atom. The number of amides is 4. The first-order valence-corrected chi connectivity index (χ1v) is 25.3. The molecule has 1 saturated carbocycles. The summed E-state index contributed by atoms with van der Waals surface area (Å²) in [5.74, 6) is -1.34. The van der Waals surface area contributed by atoms with Gasteiger partial charge < -0.3 is 30.5 Å². The summed E-state index contributed by atoms with van der Waals surface area (Å²) >= 11 is 13.0. The summed E-state index contributed by atoms with van der Waals surface area (Å²) in [5, 5.41) is 13.6. The van der Waals surface area contributed by atoms with Crippen LogP contribution >= 0.6 is 23.2 Å². The minimum absolute atomic E-state index is 0.0139. The molecule has 7 aliphatic rings. The van der Waals surface area contributed by atoms with E-state index in [1.54, 1.807) is 30.2 Å². The fourth-order valence-electron chi connectivity index (χ4n) is 13.4. The van der Waals surface area contributed by atoms with Crippen LogP contribution in [0.2, 0.25) is 10.0 Å². The van der Waals surface area contributed by atoms with Crippen molar-refractivity contribution in [2.24, 2.45) is 10.8 Å². The number of likely N-dealkylation sites (tertiary alicyclic amines) is 1. The number of benzene rings is 4. The van der Waals surface area contributed by atoms with Gasteiger partial charge in [0.1, 0.15) is 17.6 Å². The van der Waals surface area contributed by atoms with Gasteiger partial charge in [-0.25, -0.2) is 4.39 Å². The third kappa shape index (κ3) is 7.95. The van der Waals surface area contributed by atoms with Crippen LogP contribution in [0.25, 0.3) is 0 Å². The van der Waals surface area contributed by atoms with Crippen molar-refractivity contribution >= 4 is 63.9 Å². The number of halogens is 3. The van der Waals surface area contributed by atoms with E-state index < -0.39 is 29.2 Å². The largest absolute Gasteiger partial charge is 0.494 e. The number of methoxy groups -OCH3 is 1. The molecule has 4 saturated heterocycles. The Morgan fingerprint density at radius 1 is 0.986 bits per heavy atom. The molecule has 2 spiro atoms. The van der Waals surface area contributed by atoms with E-state index in [1.165, 1.54) is 12.0 Å². The van der Waals surface area contributed by atoms with Gasteiger partial charge in [0.25, 0.3) is 5.91 Å². The summed E-state index contributed by atoms with van der Waals surface area (Å²) in [6, 6.07) is 21.7. The minimum atomic E-state index is -0.818. The molecule has 4 N–H and O–H groups in total. The smallest absolute Gasteiger partial charge is 0.255 e. The molecule has 15 heteroatoms. The highest BCUT2D eigenvalue weighted by molar-refractivity contribution is 6.31. The summed E-state index contributed by atoms with van der Waals surface area (Å²) in [7, 11) is 1.62. The number of anilines is 3. The van der Waals surface area contributed by atoms with Crippen molar-refractivity contribution in [1.82, 2.24) is 20.4 Å². The molecule has 6 aliphatic heterocycles. The highest BCUT2D eigenvalue weighted by Crippen LogP contribution is 2.57. The average molecular weight is 977 g/mol. The molecular weight excluding hydrogens is 917 g/mol. The number of carbonyl (C=O) groups excluding carboxylic acids is 4. The van der Waals surface area contributed by atoms with Gasteiger partial charge >= 0.3 is 0 Å². The number of imide groups is 1. The highest BCUT2D eigenvalue weighted by atomic mass is 35.5. The Hall–Kier alpha value is -5.21. The van der Waals surface area contributed by atoms with Crippen molar-refractivity contribution in [3.63, 3.8) is 0 Å². The Morgan fingerprint density at radius 2 is 1.77 bits per heavy atom. The molecule has 5 atom stereocenters. The molecule has 12 nitrogen and oxygen atoms in total. The summed E-state index contributed by atoms with van der Waals surface area (Å²) < 4.78 is 22.4. The molecule has 0 radical (unpaired) electrons. The van der Waals surface area contributed by atoms with E-state index in [2.05, 4.69) is 64.0 Å². The summed E-state index contributed by atoms with van der Waals surface area (Å²) in [5.41, 5.74) is 6.15. The van der Waals surface area contributed by atoms with Gasteiger partial charge in [-0.2, -0.15) is 0 Å². The van der Waals surface area contributed by atoms with Crippen LogP contribution in [0.3, 0.4) is 0 Å². The monoisotopic (exact) mass is 975 g/mol. The predicted octanol–water partition coefficient (Wildman–Crippen LogP) is 8.61. The van der Waals surface area contributed by atoms with E-state index in [0.29, 0.717) is 59.1 Å². The molecule has 0 bridgehead atoms. The van der Waals surface area contributed by atoms with Gasteiger partial charge in [0, 0.05) is 103 Å². The average Bonchev–Trinajstić information content (AvgIpc) is 3.94. The zero-order chi connectivity index (χ0) is 48.1. The Bertz CT molecular complexity index is 2770. The number of fused-ring (bicyclic) bond motifs is 3. The number of carbonyl (C=O) groups is 4. The van der Waals surface area contributed by atoms with Crippen molar-refractivity contribution < 1.29 is 28.3 Å². The second kappa shape index (κ2) is 17.3. The number of nitrogens with zero attached hydrogens (tertiary/aromatic N) is 3. The van der Waals surface area contributed by atoms with E-state index in [1.807, 2.05) is 42.5 Å². The molecule has 4 amide bonds. The zero-order valence-electron chi connectivity index (χ0n) is 39.6. The van der Waals surface area contributed by atoms with Crippen LogP contribution in [-0.4, -0.2) is 97.4 Å². The van der Waals surface area contributed by atoms with Gasteiger partial charge in [0.05, 0.1) is 23.9 Å². The first-order chi connectivity index (χ1) is 33.0. The molecule has 1 unspecified atom stereocenters. The van der Waals surface area contributed by atoms with Crippen LogP contribution in [0, 0.1) is 16.6 Å². The van der Waals surface area contributed by atoms with E-state index in [-0.39, 0.29) is 51.9 Å². The topological polar surface area (TPSA) is 135 Å². The van der Waals surface area contributed by atoms with E-state index in [9.17, 15) is 19.2 Å². The SMILES string of the molecule is COc1cc(N2CCCC3(CC(N4CC(c5cccc6c5CN(C5CCC(=O)NC5=O)C6=O)C4)C3)C2)ccc1NC(=O)[C@@H]1N[C@@H](CC(C)(C)C)[C@@]2(CNc3cc(Cl)ccc32)[C@H]1c1cccc(Cl)c1F. The lowest BCUT2D eigenvalue weighted by Crippen LogP contribution is -2.62. The summed E-state index contributed by atoms with van der Waals surface area (Å²) in [6.45, 7) is 11.2. The summed E-state index contributed by atoms with van der Waals surface area (Å²) in [6.07, 6.45) is 5.84. The van der Waals surface area contributed by atoms with E-state index >= 15 is 4.39 Å². The van der Waals surface area contributed by atoms with Gasteiger partial charge in [0.15, 0.2) is 0 Å². The van der Waals surface area contributed by atoms with E-state index in [4.69, 9.17) is 27.9 Å². The quantitative estimate of drug-likeness (QED) is 0.122. The lowest BCUT2D eigenvalue weighted by atomic mass is 9.60. The molecular formula is C54H60Cl2FN7O5. The molecule has 4 aromatic carbocycles. The molecule has 4 aromatic rings. The Kier molecular flexibility index (Phi) is 11.6.